The fourth-order valence-electron chi connectivity index (χ4n) is 3.12. The van der Waals surface area contributed by atoms with Crippen LogP contribution in [0.15, 0.2) is 60.9 Å². The van der Waals surface area contributed by atoms with Gasteiger partial charge in [-0.1, -0.05) is 30.9 Å². The Morgan fingerprint density at radius 3 is 2.90 bits per heavy atom. The Hall–Kier alpha value is -3.45. The molecule has 3 aromatic heterocycles. The second-order valence-electron chi connectivity index (χ2n) is 6.68. The van der Waals surface area contributed by atoms with Gasteiger partial charge in [0.25, 0.3) is 0 Å². The molecule has 0 atom stereocenters. The summed E-state index contributed by atoms with van der Waals surface area (Å²) in [6.07, 6.45) is 11.3. The van der Waals surface area contributed by atoms with E-state index in [2.05, 4.69) is 40.9 Å². The van der Waals surface area contributed by atoms with Crippen molar-refractivity contribution >= 4 is 38.8 Å². The number of hydrogen-bond acceptors (Lipinski definition) is 5. The van der Waals surface area contributed by atoms with Crippen LogP contribution < -0.4 is 5.32 Å². The quantitative estimate of drug-likeness (QED) is 0.411. The van der Waals surface area contributed by atoms with Crippen molar-refractivity contribution in [3.8, 4) is 11.5 Å². The van der Waals surface area contributed by atoms with Gasteiger partial charge in [0.1, 0.15) is 5.69 Å². The Kier molecular flexibility index (Phi) is 5.14. The Morgan fingerprint density at radius 1 is 1.31 bits per heavy atom. The van der Waals surface area contributed by atoms with Crippen LogP contribution in [0.1, 0.15) is 18.2 Å². The Bertz CT molecular complexity index is 1240. The van der Waals surface area contributed by atoms with Crippen LogP contribution in [-0.2, 0) is 7.05 Å². The summed E-state index contributed by atoms with van der Waals surface area (Å²) in [5.74, 6) is 0.804. The minimum atomic E-state index is 0.804. The highest BCUT2D eigenvalue weighted by Crippen LogP contribution is 2.30. The summed E-state index contributed by atoms with van der Waals surface area (Å²) in [5, 5.41) is 6.32. The largest absolute Gasteiger partial charge is 0.337 e. The van der Waals surface area contributed by atoms with E-state index in [0.717, 1.165) is 50.2 Å². The van der Waals surface area contributed by atoms with Gasteiger partial charge in [0.15, 0.2) is 11.0 Å². The second-order valence-corrected chi connectivity index (χ2v) is 7.54. The summed E-state index contributed by atoms with van der Waals surface area (Å²) in [6, 6.07) is 4.15. The second kappa shape index (κ2) is 7.89. The van der Waals surface area contributed by atoms with E-state index < -0.39 is 0 Å². The van der Waals surface area contributed by atoms with E-state index in [1.54, 1.807) is 29.9 Å². The number of imidazole rings is 2. The van der Waals surface area contributed by atoms with Crippen LogP contribution in [0, 0.1) is 6.92 Å². The van der Waals surface area contributed by atoms with Gasteiger partial charge in [0.05, 0.1) is 29.3 Å². The van der Waals surface area contributed by atoms with E-state index >= 15 is 0 Å². The average molecular weight is 403 g/mol. The molecule has 3 heterocycles. The van der Waals surface area contributed by atoms with Crippen LogP contribution in [0.5, 0.6) is 0 Å². The van der Waals surface area contributed by atoms with Crippen LogP contribution in [0.25, 0.3) is 28.1 Å². The van der Waals surface area contributed by atoms with E-state index in [-0.39, 0.29) is 0 Å². The molecule has 0 radical (unpaired) electrons. The van der Waals surface area contributed by atoms with Crippen molar-refractivity contribution in [1.29, 1.82) is 0 Å². The van der Waals surface area contributed by atoms with Gasteiger partial charge in [-0.05, 0) is 31.5 Å². The molecule has 7 heteroatoms. The van der Waals surface area contributed by atoms with Crippen LogP contribution >= 0.6 is 11.3 Å². The Morgan fingerprint density at radius 2 is 2.17 bits per heavy atom. The fraction of sp³-hybridized carbons (Fsp3) is 0.136. The molecule has 146 valence electrons. The van der Waals surface area contributed by atoms with Gasteiger partial charge in [0.2, 0.25) is 0 Å². The van der Waals surface area contributed by atoms with Gasteiger partial charge in [-0.15, -0.1) is 11.3 Å². The lowest BCUT2D eigenvalue weighted by atomic mass is 10.1. The number of fused-ring (bicyclic) bond motifs is 1. The van der Waals surface area contributed by atoms with Crippen LogP contribution in [0.2, 0.25) is 0 Å². The monoisotopic (exact) mass is 402 g/mol. The van der Waals surface area contributed by atoms with Gasteiger partial charge >= 0.3 is 0 Å². The summed E-state index contributed by atoms with van der Waals surface area (Å²) in [6.45, 7) is 7.85. The first-order valence-electron chi connectivity index (χ1n) is 9.24. The summed E-state index contributed by atoms with van der Waals surface area (Å²) in [4.78, 5) is 17.0. The highest BCUT2D eigenvalue weighted by molar-refractivity contribution is 7.13. The molecule has 0 fully saturated rings. The number of benzene rings is 1. The number of hydrogen-bond donors (Lipinski definition) is 2. The number of thiazole rings is 1. The van der Waals surface area contributed by atoms with Crippen molar-refractivity contribution < 1.29 is 0 Å². The predicted octanol–water partition coefficient (Wildman–Crippen LogP) is 5.62. The molecule has 4 rings (SSSR count). The third kappa shape index (κ3) is 3.77. The third-order valence-corrected chi connectivity index (χ3v) is 5.33. The molecule has 0 saturated heterocycles. The molecule has 0 bridgehead atoms. The first-order chi connectivity index (χ1) is 14.1. The lowest BCUT2D eigenvalue weighted by Crippen LogP contribution is -1.93. The van der Waals surface area contributed by atoms with Crippen molar-refractivity contribution in [3.63, 3.8) is 0 Å². The number of aromatic amines is 1. The molecule has 6 nitrogen and oxygen atoms in total. The summed E-state index contributed by atoms with van der Waals surface area (Å²) in [7, 11) is 1.95. The first kappa shape index (κ1) is 18.9. The molecule has 0 unspecified atom stereocenters. The zero-order chi connectivity index (χ0) is 20.4. The van der Waals surface area contributed by atoms with E-state index in [4.69, 9.17) is 9.97 Å². The predicted molar refractivity (Wildman–Crippen MR) is 121 cm³/mol. The zero-order valence-corrected chi connectivity index (χ0v) is 17.4. The number of anilines is 2. The maximum Gasteiger partial charge on any atom is 0.187 e. The molecule has 0 aliphatic carbocycles. The van der Waals surface area contributed by atoms with Crippen molar-refractivity contribution in [1.82, 2.24) is 24.5 Å². The average Bonchev–Trinajstić information content (AvgIpc) is 3.41. The van der Waals surface area contributed by atoms with Crippen molar-refractivity contribution in [2.75, 3.05) is 5.32 Å². The topological polar surface area (TPSA) is 71.4 Å². The molecule has 1 aromatic carbocycles. The van der Waals surface area contributed by atoms with Crippen LogP contribution in [0.3, 0.4) is 0 Å². The van der Waals surface area contributed by atoms with Crippen LogP contribution in [-0.4, -0.2) is 24.5 Å². The number of aromatic nitrogens is 5. The van der Waals surface area contributed by atoms with E-state index in [0.29, 0.717) is 0 Å². The molecule has 0 saturated carbocycles. The SMILES string of the molecule is C=CC=C(C=CC)c1csc(Nc2cc3nc(-c4cncn4C)[nH]c3cc2C)n1. The zero-order valence-electron chi connectivity index (χ0n) is 16.6. The molecule has 0 amide bonds. The minimum absolute atomic E-state index is 0.804. The number of nitrogens with zero attached hydrogens (tertiary/aromatic N) is 4. The minimum Gasteiger partial charge on any atom is -0.337 e. The van der Waals surface area contributed by atoms with E-state index in [1.807, 2.05) is 42.1 Å². The molecule has 29 heavy (non-hydrogen) atoms. The molecule has 4 aromatic rings. The number of aryl methyl sites for hydroxylation is 2. The maximum atomic E-state index is 4.74. The van der Waals surface area contributed by atoms with Crippen LogP contribution in [0.4, 0.5) is 10.8 Å². The molecule has 0 aliphatic rings. The van der Waals surface area contributed by atoms with E-state index in [9.17, 15) is 0 Å². The van der Waals surface area contributed by atoms with Crippen molar-refractivity contribution in [2.24, 2.45) is 7.05 Å². The molecule has 2 N–H and O–H groups in total. The normalized spacial score (nSPS) is 12.2. The maximum absolute atomic E-state index is 4.74. The Labute approximate surface area is 173 Å². The summed E-state index contributed by atoms with van der Waals surface area (Å²) >= 11 is 1.57. The Balaban J connectivity index is 1.65. The van der Waals surface area contributed by atoms with Gasteiger partial charge in [-0.25, -0.2) is 15.0 Å². The smallest absolute Gasteiger partial charge is 0.187 e. The molecular weight excluding hydrogens is 380 g/mol. The molecule has 0 spiro atoms. The fourth-order valence-corrected chi connectivity index (χ4v) is 3.85. The van der Waals surface area contributed by atoms with Gasteiger partial charge < -0.3 is 14.9 Å². The van der Waals surface area contributed by atoms with Gasteiger partial charge in [-0.3, -0.25) is 0 Å². The standard InChI is InChI=1S/C22H22N6S/c1-5-7-15(8-6-2)19-12-29-22(27-19)26-16-10-18-17(9-14(16)3)24-21(25-18)20-11-23-13-28(20)4/h5-13H,1H2,2-4H3,(H,24,25)(H,26,27). The lowest BCUT2D eigenvalue weighted by Gasteiger charge is -2.06. The van der Waals surface area contributed by atoms with Crippen molar-refractivity contribution in [3.05, 3.63) is 72.2 Å². The highest BCUT2D eigenvalue weighted by Gasteiger charge is 2.12. The number of allylic oxidation sites excluding steroid dienone is 5. The van der Waals surface area contributed by atoms with E-state index in [1.165, 1.54) is 0 Å². The third-order valence-electron chi connectivity index (χ3n) is 4.57. The summed E-state index contributed by atoms with van der Waals surface area (Å²) < 4.78 is 1.94. The summed E-state index contributed by atoms with van der Waals surface area (Å²) in [5.41, 5.74) is 6.90. The lowest BCUT2D eigenvalue weighted by molar-refractivity contribution is 0.913. The molecule has 0 aliphatic heterocycles. The molecular formula is C22H22N6S. The number of H-pyrrole nitrogens is 1. The number of nitrogens with one attached hydrogen (secondary N) is 2. The van der Waals surface area contributed by atoms with Gasteiger partial charge in [0, 0.05) is 23.7 Å². The first-order valence-corrected chi connectivity index (χ1v) is 10.1. The highest BCUT2D eigenvalue weighted by atomic mass is 32.1. The number of rotatable bonds is 6. The van der Waals surface area contributed by atoms with Gasteiger partial charge in [-0.2, -0.15) is 0 Å². The van der Waals surface area contributed by atoms with Crippen molar-refractivity contribution in [2.45, 2.75) is 13.8 Å².